The molecule has 0 aromatic heterocycles. The number of nitrogens with zero attached hydrogens (tertiary/aromatic N) is 1. The maximum absolute atomic E-state index is 13.5. The Balaban J connectivity index is 1.84. The number of hydrogen-bond donors (Lipinski definition) is 1. The number of hydrogen-bond acceptors (Lipinski definition) is 5. The highest BCUT2D eigenvalue weighted by atomic mass is 16.5. The largest absolute Gasteiger partial charge is 0.497 e. The quantitative estimate of drug-likeness (QED) is 0.605. The fourth-order valence-corrected chi connectivity index (χ4v) is 3.51. The number of ether oxygens (including phenoxy) is 2. The van der Waals surface area contributed by atoms with Crippen molar-refractivity contribution in [2.45, 2.75) is 6.92 Å². The average molecular weight is 414 g/mol. The van der Waals surface area contributed by atoms with Crippen molar-refractivity contribution in [3.8, 4) is 11.5 Å². The molecule has 3 aromatic rings. The molecule has 0 fully saturated rings. The SMILES string of the molecule is COc1cccc(NC2=C(c3ccc(C)cc3)C(=O)N(c3ccccc3OC)C2=O)c1. The van der Waals surface area contributed by atoms with Gasteiger partial charge in [-0.1, -0.05) is 48.0 Å². The number of methoxy groups -OCH3 is 2. The number of para-hydroxylation sites is 2. The van der Waals surface area contributed by atoms with Crippen LogP contribution in [0, 0.1) is 6.92 Å². The van der Waals surface area contributed by atoms with Crippen LogP contribution < -0.4 is 19.7 Å². The summed E-state index contributed by atoms with van der Waals surface area (Å²) >= 11 is 0. The number of benzene rings is 3. The van der Waals surface area contributed by atoms with E-state index in [4.69, 9.17) is 9.47 Å². The molecule has 6 heteroatoms. The third-order valence-corrected chi connectivity index (χ3v) is 5.09. The summed E-state index contributed by atoms with van der Waals surface area (Å²) in [7, 11) is 3.08. The second-order valence-electron chi connectivity index (χ2n) is 7.09. The van der Waals surface area contributed by atoms with E-state index in [1.807, 2.05) is 49.4 Å². The first-order valence-corrected chi connectivity index (χ1v) is 9.77. The van der Waals surface area contributed by atoms with Crippen molar-refractivity contribution < 1.29 is 19.1 Å². The lowest BCUT2D eigenvalue weighted by Gasteiger charge is -2.18. The number of carbonyl (C=O) groups excluding carboxylic acids is 2. The number of anilines is 2. The molecule has 4 rings (SSSR count). The summed E-state index contributed by atoms with van der Waals surface area (Å²) in [5.41, 5.74) is 3.26. The smallest absolute Gasteiger partial charge is 0.282 e. The van der Waals surface area contributed by atoms with Crippen molar-refractivity contribution in [2.75, 3.05) is 24.4 Å². The number of rotatable bonds is 6. The Bertz CT molecular complexity index is 1180. The fraction of sp³-hybridized carbons (Fsp3) is 0.120. The molecule has 6 nitrogen and oxygen atoms in total. The van der Waals surface area contributed by atoms with Crippen molar-refractivity contribution >= 4 is 28.8 Å². The summed E-state index contributed by atoms with van der Waals surface area (Å²) in [6.07, 6.45) is 0. The molecular formula is C25H22N2O4. The summed E-state index contributed by atoms with van der Waals surface area (Å²) in [4.78, 5) is 28.2. The van der Waals surface area contributed by atoms with Gasteiger partial charge in [-0.3, -0.25) is 9.59 Å². The van der Waals surface area contributed by atoms with Crippen LogP contribution in [0.1, 0.15) is 11.1 Å². The zero-order valence-electron chi connectivity index (χ0n) is 17.5. The number of nitrogens with one attached hydrogen (secondary N) is 1. The van der Waals surface area contributed by atoms with Crippen molar-refractivity contribution in [3.05, 3.63) is 89.6 Å². The van der Waals surface area contributed by atoms with Gasteiger partial charge in [-0.2, -0.15) is 0 Å². The molecule has 156 valence electrons. The maximum atomic E-state index is 13.5. The van der Waals surface area contributed by atoms with Gasteiger partial charge in [0.1, 0.15) is 17.2 Å². The van der Waals surface area contributed by atoms with Gasteiger partial charge in [0.25, 0.3) is 11.8 Å². The van der Waals surface area contributed by atoms with E-state index in [1.54, 1.807) is 37.4 Å². The van der Waals surface area contributed by atoms with E-state index in [-0.39, 0.29) is 5.70 Å². The summed E-state index contributed by atoms with van der Waals surface area (Å²) in [6, 6.07) is 21.7. The van der Waals surface area contributed by atoms with E-state index in [1.165, 1.54) is 7.11 Å². The van der Waals surface area contributed by atoms with Crippen LogP contribution in [0.4, 0.5) is 11.4 Å². The first-order valence-electron chi connectivity index (χ1n) is 9.77. The van der Waals surface area contributed by atoms with Gasteiger partial charge in [-0.25, -0.2) is 4.90 Å². The predicted octanol–water partition coefficient (Wildman–Crippen LogP) is 4.41. The van der Waals surface area contributed by atoms with Gasteiger partial charge in [0.2, 0.25) is 0 Å². The Morgan fingerprint density at radius 3 is 2.26 bits per heavy atom. The van der Waals surface area contributed by atoms with Crippen LogP contribution in [0.5, 0.6) is 11.5 Å². The summed E-state index contributed by atoms with van der Waals surface area (Å²) in [5, 5.41) is 3.14. The highest BCUT2D eigenvalue weighted by Crippen LogP contribution is 2.38. The zero-order valence-corrected chi connectivity index (χ0v) is 17.5. The van der Waals surface area contributed by atoms with Gasteiger partial charge in [0.05, 0.1) is 25.5 Å². The Hall–Kier alpha value is -4.06. The summed E-state index contributed by atoms with van der Waals surface area (Å²) in [5.74, 6) is 0.215. The molecule has 0 saturated carbocycles. The molecule has 0 spiro atoms. The molecule has 1 heterocycles. The molecule has 2 amide bonds. The lowest BCUT2D eigenvalue weighted by atomic mass is 10.0. The minimum atomic E-state index is -0.451. The third-order valence-electron chi connectivity index (χ3n) is 5.09. The molecule has 31 heavy (non-hydrogen) atoms. The Morgan fingerprint density at radius 1 is 0.806 bits per heavy atom. The summed E-state index contributed by atoms with van der Waals surface area (Å²) < 4.78 is 10.7. The topological polar surface area (TPSA) is 67.9 Å². The van der Waals surface area contributed by atoms with E-state index in [0.29, 0.717) is 34.0 Å². The Kier molecular flexibility index (Phi) is 5.45. The van der Waals surface area contributed by atoms with Crippen LogP contribution in [0.2, 0.25) is 0 Å². The molecule has 1 N–H and O–H groups in total. The molecule has 1 aliphatic rings. The highest BCUT2D eigenvalue weighted by Gasteiger charge is 2.41. The number of amides is 2. The van der Waals surface area contributed by atoms with Crippen molar-refractivity contribution in [3.63, 3.8) is 0 Å². The molecule has 0 unspecified atom stereocenters. The van der Waals surface area contributed by atoms with Crippen LogP contribution in [0.15, 0.2) is 78.5 Å². The van der Waals surface area contributed by atoms with Crippen LogP contribution in [-0.4, -0.2) is 26.0 Å². The van der Waals surface area contributed by atoms with Crippen molar-refractivity contribution in [2.24, 2.45) is 0 Å². The Morgan fingerprint density at radius 2 is 1.55 bits per heavy atom. The standard InChI is InChI=1S/C25H22N2O4/c1-16-11-13-17(14-12-16)22-23(26-18-7-6-8-19(15-18)30-2)25(29)27(24(22)28)20-9-4-5-10-21(20)31-3/h4-15,26H,1-3H3. The lowest BCUT2D eigenvalue weighted by molar-refractivity contribution is -0.120. The lowest BCUT2D eigenvalue weighted by Crippen LogP contribution is -2.32. The van der Waals surface area contributed by atoms with E-state index in [0.717, 1.165) is 10.5 Å². The van der Waals surface area contributed by atoms with Gasteiger partial charge < -0.3 is 14.8 Å². The second-order valence-corrected chi connectivity index (χ2v) is 7.09. The van der Waals surface area contributed by atoms with Crippen LogP contribution in [0.3, 0.4) is 0 Å². The molecule has 0 aliphatic carbocycles. The van der Waals surface area contributed by atoms with Gasteiger partial charge >= 0.3 is 0 Å². The van der Waals surface area contributed by atoms with Gasteiger partial charge in [0, 0.05) is 11.8 Å². The monoisotopic (exact) mass is 414 g/mol. The number of aryl methyl sites for hydroxylation is 1. The van der Waals surface area contributed by atoms with Gasteiger partial charge in [-0.05, 0) is 36.8 Å². The summed E-state index contributed by atoms with van der Waals surface area (Å²) in [6.45, 7) is 1.97. The normalized spacial score (nSPS) is 13.6. The molecule has 1 aliphatic heterocycles. The molecular weight excluding hydrogens is 392 g/mol. The van der Waals surface area contributed by atoms with Crippen LogP contribution >= 0.6 is 0 Å². The van der Waals surface area contributed by atoms with Crippen molar-refractivity contribution in [1.29, 1.82) is 0 Å². The second kappa shape index (κ2) is 8.36. The Labute approximate surface area is 180 Å². The maximum Gasteiger partial charge on any atom is 0.282 e. The molecule has 0 radical (unpaired) electrons. The number of carbonyl (C=O) groups is 2. The first-order chi connectivity index (χ1) is 15.0. The minimum Gasteiger partial charge on any atom is -0.497 e. The predicted molar refractivity (Wildman–Crippen MR) is 120 cm³/mol. The molecule has 0 atom stereocenters. The molecule has 0 saturated heterocycles. The van der Waals surface area contributed by atoms with Crippen LogP contribution in [0.25, 0.3) is 5.57 Å². The third kappa shape index (κ3) is 3.75. The van der Waals surface area contributed by atoms with E-state index in [2.05, 4.69) is 5.32 Å². The molecule has 3 aromatic carbocycles. The van der Waals surface area contributed by atoms with E-state index >= 15 is 0 Å². The first kappa shape index (κ1) is 20.2. The highest BCUT2D eigenvalue weighted by molar-refractivity contribution is 6.46. The fourth-order valence-electron chi connectivity index (χ4n) is 3.51. The minimum absolute atomic E-state index is 0.202. The molecule has 0 bridgehead atoms. The zero-order chi connectivity index (χ0) is 22.0. The van der Waals surface area contributed by atoms with E-state index in [9.17, 15) is 9.59 Å². The van der Waals surface area contributed by atoms with Crippen molar-refractivity contribution in [1.82, 2.24) is 0 Å². The number of imide groups is 1. The van der Waals surface area contributed by atoms with Gasteiger partial charge in [-0.15, -0.1) is 0 Å². The van der Waals surface area contributed by atoms with Gasteiger partial charge in [0.15, 0.2) is 0 Å². The average Bonchev–Trinajstić information content (AvgIpc) is 3.03. The van der Waals surface area contributed by atoms with E-state index < -0.39 is 11.8 Å². The van der Waals surface area contributed by atoms with Crippen LogP contribution in [-0.2, 0) is 9.59 Å².